The van der Waals surface area contributed by atoms with Crippen LogP contribution in [0.5, 0.6) is 0 Å². The Hall–Kier alpha value is -1.00. The van der Waals surface area contributed by atoms with Gasteiger partial charge in [0.05, 0.1) is 6.54 Å². The summed E-state index contributed by atoms with van der Waals surface area (Å²) in [6.07, 6.45) is 7.43. The number of hydrogen-bond acceptors (Lipinski definition) is 3. The summed E-state index contributed by atoms with van der Waals surface area (Å²) in [6.45, 7) is 0.489. The molecule has 1 saturated heterocycles. The molecule has 1 heterocycles. The molecule has 3 aliphatic rings. The van der Waals surface area contributed by atoms with E-state index in [1.54, 1.807) is 11.8 Å². The smallest absolute Gasteiger partial charge is 0.238 e. The molecule has 4 rings (SSSR count). The largest absolute Gasteiger partial charge is 0.319 e. The van der Waals surface area contributed by atoms with E-state index in [1.165, 1.54) is 36.1 Å². The summed E-state index contributed by atoms with van der Waals surface area (Å²) >= 11 is 1.76. The highest BCUT2D eigenvalue weighted by atomic mass is 32.2. The van der Waals surface area contributed by atoms with Crippen LogP contribution in [0.15, 0.2) is 29.2 Å². The van der Waals surface area contributed by atoms with Crippen LogP contribution in [0.4, 0.5) is 0 Å². The zero-order chi connectivity index (χ0) is 14.4. The van der Waals surface area contributed by atoms with Crippen molar-refractivity contribution in [2.24, 2.45) is 11.8 Å². The van der Waals surface area contributed by atoms with E-state index in [4.69, 9.17) is 0 Å². The lowest BCUT2D eigenvalue weighted by molar-refractivity contribution is -0.131. The summed E-state index contributed by atoms with van der Waals surface area (Å²) in [5.41, 5.74) is 1.22. The molecule has 2 aliphatic carbocycles. The van der Waals surface area contributed by atoms with Crippen LogP contribution in [-0.2, 0) is 4.79 Å². The summed E-state index contributed by atoms with van der Waals surface area (Å²) < 4.78 is 0. The first-order chi connectivity index (χ1) is 10.3. The molecule has 2 saturated carbocycles. The van der Waals surface area contributed by atoms with Crippen LogP contribution in [0, 0.1) is 11.8 Å². The second kappa shape index (κ2) is 5.33. The third-order valence-electron chi connectivity index (χ3n) is 5.50. The average molecular weight is 302 g/mol. The van der Waals surface area contributed by atoms with Crippen LogP contribution in [0.25, 0.3) is 0 Å². The van der Waals surface area contributed by atoms with Gasteiger partial charge >= 0.3 is 0 Å². The summed E-state index contributed by atoms with van der Waals surface area (Å²) in [5.74, 6) is 1.89. The molecule has 1 aromatic rings. The Morgan fingerprint density at radius 3 is 2.62 bits per heavy atom. The van der Waals surface area contributed by atoms with Crippen LogP contribution in [0.1, 0.15) is 37.4 Å². The second-order valence-electron chi connectivity index (χ2n) is 6.60. The lowest BCUT2D eigenvalue weighted by atomic mass is 9.93. The number of rotatable bonds is 3. The van der Waals surface area contributed by atoms with E-state index in [2.05, 4.69) is 40.7 Å². The Morgan fingerprint density at radius 2 is 2.00 bits per heavy atom. The second-order valence-corrected chi connectivity index (χ2v) is 7.48. The summed E-state index contributed by atoms with van der Waals surface area (Å²) in [5, 5.41) is 3.42. The maximum atomic E-state index is 12.4. The normalized spacial score (nSPS) is 34.9. The Kier molecular flexibility index (Phi) is 3.46. The highest BCUT2D eigenvalue weighted by Crippen LogP contribution is 2.48. The van der Waals surface area contributed by atoms with Gasteiger partial charge in [-0.25, -0.2) is 0 Å². The Labute approximate surface area is 130 Å². The number of thioether (sulfide) groups is 1. The zero-order valence-electron chi connectivity index (χ0n) is 12.4. The van der Waals surface area contributed by atoms with Crippen molar-refractivity contribution in [3.63, 3.8) is 0 Å². The zero-order valence-corrected chi connectivity index (χ0v) is 13.2. The summed E-state index contributed by atoms with van der Waals surface area (Å²) in [6, 6.07) is 9.12. The molecule has 2 bridgehead atoms. The minimum atomic E-state index is 0.0813. The van der Waals surface area contributed by atoms with Gasteiger partial charge in [-0.15, -0.1) is 11.8 Å². The van der Waals surface area contributed by atoms with Crippen LogP contribution >= 0.6 is 11.8 Å². The number of nitrogens with one attached hydrogen (secondary N) is 1. The Morgan fingerprint density at radius 1 is 1.19 bits per heavy atom. The van der Waals surface area contributed by atoms with Crippen molar-refractivity contribution in [1.29, 1.82) is 0 Å². The molecule has 1 aromatic carbocycles. The molecule has 1 N–H and O–H groups in total. The van der Waals surface area contributed by atoms with E-state index < -0.39 is 0 Å². The first-order valence-electron chi connectivity index (χ1n) is 7.95. The average Bonchev–Trinajstić information content (AvgIpc) is 3.22. The van der Waals surface area contributed by atoms with Crippen LogP contribution in [0.2, 0.25) is 0 Å². The van der Waals surface area contributed by atoms with Gasteiger partial charge < -0.3 is 4.90 Å². The third-order valence-corrected chi connectivity index (χ3v) is 6.25. The maximum Gasteiger partial charge on any atom is 0.238 e. The molecule has 4 unspecified atom stereocenters. The number of amides is 1. The molecule has 4 atom stereocenters. The maximum absolute atomic E-state index is 12.4. The standard InChI is InChI=1S/C17H22N2OS/c1-21-14-6-4-12(5-7-14)17-18-10-16(20)19(17)15-9-11-2-3-13(15)8-11/h4-7,11,13,15,17-18H,2-3,8-10H2,1H3. The highest BCUT2D eigenvalue weighted by Gasteiger charge is 2.47. The van der Waals surface area contributed by atoms with E-state index in [-0.39, 0.29) is 12.1 Å². The van der Waals surface area contributed by atoms with Crippen molar-refractivity contribution in [2.75, 3.05) is 12.8 Å². The SMILES string of the molecule is CSc1ccc(C2NCC(=O)N2C2CC3CCC2C3)cc1. The lowest BCUT2D eigenvalue weighted by Crippen LogP contribution is -2.42. The van der Waals surface area contributed by atoms with E-state index in [9.17, 15) is 4.79 Å². The Bertz CT molecular complexity index is 544. The van der Waals surface area contributed by atoms with Gasteiger partial charge in [0, 0.05) is 10.9 Å². The van der Waals surface area contributed by atoms with Gasteiger partial charge in [0.25, 0.3) is 0 Å². The molecule has 21 heavy (non-hydrogen) atoms. The molecular weight excluding hydrogens is 280 g/mol. The molecule has 3 fully saturated rings. The van der Waals surface area contributed by atoms with Crippen molar-refractivity contribution in [2.45, 2.75) is 42.8 Å². The predicted octanol–water partition coefficient (Wildman–Crippen LogP) is 3.03. The van der Waals surface area contributed by atoms with Crippen molar-refractivity contribution in [3.05, 3.63) is 29.8 Å². The minimum Gasteiger partial charge on any atom is -0.319 e. The van der Waals surface area contributed by atoms with E-state index >= 15 is 0 Å². The van der Waals surface area contributed by atoms with Crippen molar-refractivity contribution >= 4 is 17.7 Å². The number of fused-ring (bicyclic) bond motifs is 2. The van der Waals surface area contributed by atoms with Gasteiger partial charge in [-0.05, 0) is 55.1 Å². The van der Waals surface area contributed by atoms with Gasteiger partial charge in [0.2, 0.25) is 5.91 Å². The molecule has 1 aliphatic heterocycles. The van der Waals surface area contributed by atoms with Gasteiger partial charge in [0.1, 0.15) is 6.17 Å². The molecule has 4 heteroatoms. The fraction of sp³-hybridized carbons (Fsp3) is 0.588. The molecule has 1 amide bonds. The fourth-order valence-corrected chi connectivity index (χ4v) is 4.92. The molecule has 0 aromatic heterocycles. The van der Waals surface area contributed by atoms with Crippen LogP contribution in [-0.4, -0.2) is 29.6 Å². The van der Waals surface area contributed by atoms with Crippen LogP contribution < -0.4 is 5.32 Å². The van der Waals surface area contributed by atoms with Gasteiger partial charge in [0.15, 0.2) is 0 Å². The van der Waals surface area contributed by atoms with Crippen molar-refractivity contribution in [3.8, 4) is 0 Å². The molecule has 0 radical (unpaired) electrons. The van der Waals surface area contributed by atoms with E-state index in [1.807, 2.05) is 0 Å². The van der Waals surface area contributed by atoms with Gasteiger partial charge in [-0.1, -0.05) is 18.6 Å². The van der Waals surface area contributed by atoms with E-state index in [0.717, 1.165) is 11.8 Å². The number of carbonyl (C=O) groups is 1. The number of benzene rings is 1. The van der Waals surface area contributed by atoms with Crippen molar-refractivity contribution in [1.82, 2.24) is 10.2 Å². The number of hydrogen-bond donors (Lipinski definition) is 1. The quantitative estimate of drug-likeness (QED) is 0.871. The highest BCUT2D eigenvalue weighted by molar-refractivity contribution is 7.98. The van der Waals surface area contributed by atoms with Gasteiger partial charge in [-0.2, -0.15) is 0 Å². The Balaban J connectivity index is 1.59. The molecule has 112 valence electrons. The topological polar surface area (TPSA) is 32.3 Å². The van der Waals surface area contributed by atoms with Crippen molar-refractivity contribution < 1.29 is 4.79 Å². The first kappa shape index (κ1) is 13.6. The van der Waals surface area contributed by atoms with E-state index in [0.29, 0.717) is 12.6 Å². The number of carbonyl (C=O) groups excluding carboxylic acids is 1. The molecule has 3 nitrogen and oxygen atoms in total. The molecular formula is C17H22N2OS. The summed E-state index contributed by atoms with van der Waals surface area (Å²) in [4.78, 5) is 15.8. The number of nitrogens with zero attached hydrogens (tertiary/aromatic N) is 1. The first-order valence-corrected chi connectivity index (χ1v) is 9.17. The predicted molar refractivity (Wildman–Crippen MR) is 85.0 cm³/mol. The fourth-order valence-electron chi connectivity index (χ4n) is 4.51. The summed E-state index contributed by atoms with van der Waals surface area (Å²) in [7, 11) is 0. The van der Waals surface area contributed by atoms with Gasteiger partial charge in [-0.3, -0.25) is 10.1 Å². The van der Waals surface area contributed by atoms with Crippen LogP contribution in [0.3, 0.4) is 0 Å². The minimum absolute atomic E-state index is 0.0813. The lowest BCUT2D eigenvalue weighted by Gasteiger charge is -2.35. The molecule has 0 spiro atoms. The third kappa shape index (κ3) is 2.29. The monoisotopic (exact) mass is 302 g/mol.